The summed E-state index contributed by atoms with van der Waals surface area (Å²) in [5.74, 6) is -1.35. The van der Waals surface area contributed by atoms with Crippen molar-refractivity contribution in [2.75, 3.05) is 12.8 Å². The van der Waals surface area contributed by atoms with Gasteiger partial charge in [-0.1, -0.05) is 54.1 Å². The molecule has 0 aliphatic carbocycles. The van der Waals surface area contributed by atoms with E-state index in [0.29, 0.717) is 23.1 Å². The van der Waals surface area contributed by atoms with Crippen LogP contribution >= 0.6 is 11.6 Å². The summed E-state index contributed by atoms with van der Waals surface area (Å²) < 4.78 is 45.5. The monoisotopic (exact) mass is 516 g/mol. The Kier molecular flexibility index (Phi) is 6.63. The summed E-state index contributed by atoms with van der Waals surface area (Å²) in [5.41, 5.74) is 7.11. The number of nitrogens with two attached hydrogens (primary N) is 1. The first kappa shape index (κ1) is 24.8. The number of halogens is 2. The Labute approximate surface area is 207 Å². The van der Waals surface area contributed by atoms with E-state index in [4.69, 9.17) is 21.9 Å². The summed E-state index contributed by atoms with van der Waals surface area (Å²) in [7, 11) is -2.51. The standard InChI is InChI=1S/C24H22ClFN4O4S/c1-30-22(31)24(29-23(30)27,17-9-7-15(8-10-17)4-3-13-35(32,33)34)18-6-2-5-16(14-18)19-11-12-28-21(25)20(19)26/h2,5-12,14H,3-4,13H2,1H3,(H2,27,29)(H,32,33,34). The molecule has 0 radical (unpaired) electrons. The molecule has 1 atom stereocenters. The fourth-order valence-corrected chi connectivity index (χ4v) is 4.78. The molecule has 182 valence electrons. The number of aliphatic imine (C=N–C) groups is 1. The normalized spacial score (nSPS) is 18.1. The van der Waals surface area contributed by atoms with E-state index in [-0.39, 0.29) is 34.8 Å². The lowest BCUT2D eigenvalue weighted by molar-refractivity contribution is -0.129. The minimum absolute atomic E-state index is 0.0377. The quantitative estimate of drug-likeness (QED) is 0.366. The van der Waals surface area contributed by atoms with Gasteiger partial charge >= 0.3 is 0 Å². The molecule has 1 aromatic heterocycles. The number of carbonyl (C=O) groups is 1. The van der Waals surface area contributed by atoms with Crippen LogP contribution in [-0.4, -0.2) is 47.5 Å². The van der Waals surface area contributed by atoms with Crippen molar-refractivity contribution in [3.63, 3.8) is 0 Å². The fourth-order valence-electron chi connectivity index (χ4n) is 4.11. The minimum atomic E-state index is -4.03. The maximum Gasteiger partial charge on any atom is 0.266 e. The smallest absolute Gasteiger partial charge is 0.266 e. The van der Waals surface area contributed by atoms with E-state index in [1.807, 2.05) is 0 Å². The lowest BCUT2D eigenvalue weighted by Gasteiger charge is -2.27. The highest BCUT2D eigenvalue weighted by Crippen LogP contribution is 2.41. The van der Waals surface area contributed by atoms with Gasteiger partial charge in [0.2, 0.25) is 0 Å². The van der Waals surface area contributed by atoms with E-state index in [1.54, 1.807) is 48.5 Å². The second kappa shape index (κ2) is 9.37. The number of rotatable bonds is 7. The van der Waals surface area contributed by atoms with Crippen LogP contribution in [0.1, 0.15) is 23.1 Å². The Morgan fingerprint density at radius 3 is 2.49 bits per heavy atom. The average Bonchev–Trinajstić information content (AvgIpc) is 3.05. The predicted molar refractivity (Wildman–Crippen MR) is 131 cm³/mol. The lowest BCUT2D eigenvalue weighted by Crippen LogP contribution is -2.41. The predicted octanol–water partition coefficient (Wildman–Crippen LogP) is 3.39. The van der Waals surface area contributed by atoms with Gasteiger partial charge in [0.1, 0.15) is 0 Å². The third-order valence-electron chi connectivity index (χ3n) is 5.92. The highest BCUT2D eigenvalue weighted by atomic mass is 35.5. The van der Waals surface area contributed by atoms with Crippen LogP contribution in [0.25, 0.3) is 11.1 Å². The number of pyridine rings is 1. The third kappa shape index (κ3) is 4.77. The van der Waals surface area contributed by atoms with Gasteiger partial charge in [-0.05, 0) is 47.2 Å². The summed E-state index contributed by atoms with van der Waals surface area (Å²) in [6.45, 7) is 0. The van der Waals surface area contributed by atoms with Crippen molar-refractivity contribution in [2.24, 2.45) is 10.7 Å². The molecule has 11 heteroatoms. The SMILES string of the molecule is CN1C(=O)C(c2ccc(CCCS(=O)(=O)O)cc2)(c2cccc(-c3ccnc(Cl)c3F)c2)N=C1N. The molecule has 1 aliphatic heterocycles. The zero-order valence-corrected chi connectivity index (χ0v) is 20.2. The van der Waals surface area contributed by atoms with Crippen LogP contribution in [0, 0.1) is 5.82 Å². The Balaban J connectivity index is 1.77. The molecule has 3 N–H and O–H groups in total. The number of aromatic nitrogens is 1. The molecule has 3 aromatic rings. The van der Waals surface area contributed by atoms with Crippen LogP contribution in [0.15, 0.2) is 65.8 Å². The van der Waals surface area contributed by atoms with Crippen molar-refractivity contribution in [1.29, 1.82) is 0 Å². The van der Waals surface area contributed by atoms with Gasteiger partial charge in [-0.3, -0.25) is 14.2 Å². The van der Waals surface area contributed by atoms with E-state index in [9.17, 15) is 17.6 Å². The molecule has 2 aromatic carbocycles. The zero-order chi connectivity index (χ0) is 25.4. The first-order valence-corrected chi connectivity index (χ1v) is 12.6. The van der Waals surface area contributed by atoms with Gasteiger partial charge in [-0.2, -0.15) is 8.42 Å². The molecule has 35 heavy (non-hydrogen) atoms. The molecule has 0 saturated carbocycles. The van der Waals surface area contributed by atoms with Crippen LogP contribution in [0.3, 0.4) is 0 Å². The minimum Gasteiger partial charge on any atom is -0.369 e. The summed E-state index contributed by atoms with van der Waals surface area (Å²) in [6.07, 6.45) is 2.07. The van der Waals surface area contributed by atoms with Gasteiger partial charge in [0.05, 0.1) is 5.75 Å². The Morgan fingerprint density at radius 1 is 1.14 bits per heavy atom. The summed E-state index contributed by atoms with van der Waals surface area (Å²) in [4.78, 5) is 23.1. The van der Waals surface area contributed by atoms with Crippen LogP contribution in [0.2, 0.25) is 5.15 Å². The number of nitrogens with zero attached hydrogens (tertiary/aromatic N) is 3. The summed E-state index contributed by atoms with van der Waals surface area (Å²) in [5, 5.41) is -0.258. The van der Waals surface area contributed by atoms with E-state index in [1.165, 1.54) is 24.2 Å². The number of guanidine groups is 1. The maximum atomic E-state index is 14.7. The number of benzene rings is 2. The highest BCUT2D eigenvalue weighted by Gasteiger charge is 2.49. The molecule has 0 saturated heterocycles. The number of likely N-dealkylation sites (N-methyl/N-ethyl adjacent to an activating group) is 1. The Morgan fingerprint density at radius 2 is 1.86 bits per heavy atom. The van der Waals surface area contributed by atoms with E-state index < -0.39 is 21.5 Å². The number of hydrogen-bond acceptors (Lipinski definition) is 6. The van der Waals surface area contributed by atoms with Gasteiger partial charge in [0, 0.05) is 18.8 Å². The highest BCUT2D eigenvalue weighted by molar-refractivity contribution is 7.85. The summed E-state index contributed by atoms with van der Waals surface area (Å²) >= 11 is 5.86. The molecule has 0 fully saturated rings. The number of hydrogen-bond donors (Lipinski definition) is 2. The van der Waals surface area contributed by atoms with Crippen molar-refractivity contribution in [3.05, 3.63) is 88.5 Å². The van der Waals surface area contributed by atoms with Crippen LogP contribution in [0.4, 0.5) is 4.39 Å². The van der Waals surface area contributed by atoms with E-state index >= 15 is 0 Å². The van der Waals surface area contributed by atoms with E-state index in [0.717, 1.165) is 5.56 Å². The molecule has 0 bridgehead atoms. The average molecular weight is 517 g/mol. The largest absolute Gasteiger partial charge is 0.369 e. The molecule has 8 nitrogen and oxygen atoms in total. The van der Waals surface area contributed by atoms with Gasteiger partial charge in [0.25, 0.3) is 16.0 Å². The molecular formula is C24H22ClFN4O4S. The van der Waals surface area contributed by atoms with Crippen LogP contribution in [-0.2, 0) is 26.9 Å². The van der Waals surface area contributed by atoms with Crippen molar-refractivity contribution in [3.8, 4) is 11.1 Å². The second-order valence-electron chi connectivity index (χ2n) is 8.18. The van der Waals surface area contributed by atoms with Crippen molar-refractivity contribution in [1.82, 2.24) is 9.88 Å². The van der Waals surface area contributed by atoms with Crippen molar-refractivity contribution < 1.29 is 22.2 Å². The molecule has 1 aliphatic rings. The topological polar surface area (TPSA) is 126 Å². The molecule has 0 spiro atoms. The van der Waals surface area contributed by atoms with Gasteiger partial charge in [-0.25, -0.2) is 14.4 Å². The molecular weight excluding hydrogens is 495 g/mol. The van der Waals surface area contributed by atoms with Gasteiger partial charge in [0.15, 0.2) is 22.5 Å². The van der Waals surface area contributed by atoms with E-state index in [2.05, 4.69) is 9.98 Å². The molecule has 2 heterocycles. The molecule has 1 amide bonds. The lowest BCUT2D eigenvalue weighted by atomic mass is 9.81. The Hall–Kier alpha value is -3.34. The molecule has 4 rings (SSSR count). The van der Waals surface area contributed by atoms with Gasteiger partial charge in [-0.15, -0.1) is 0 Å². The van der Waals surface area contributed by atoms with Gasteiger partial charge < -0.3 is 5.73 Å². The third-order valence-corrected chi connectivity index (χ3v) is 6.99. The van der Waals surface area contributed by atoms with Crippen LogP contribution in [0.5, 0.6) is 0 Å². The first-order chi connectivity index (χ1) is 16.5. The van der Waals surface area contributed by atoms with Crippen molar-refractivity contribution >= 4 is 33.6 Å². The number of carbonyl (C=O) groups excluding carboxylic acids is 1. The van der Waals surface area contributed by atoms with Crippen molar-refractivity contribution in [2.45, 2.75) is 18.4 Å². The van der Waals surface area contributed by atoms with Crippen LogP contribution < -0.4 is 5.73 Å². The number of amides is 1. The number of aryl methyl sites for hydroxylation is 1. The Bertz CT molecular complexity index is 1430. The summed E-state index contributed by atoms with van der Waals surface area (Å²) in [6, 6.07) is 15.3. The fraction of sp³-hybridized carbons (Fsp3) is 0.208. The maximum absolute atomic E-state index is 14.7. The second-order valence-corrected chi connectivity index (χ2v) is 10.1. The molecule has 1 unspecified atom stereocenters. The zero-order valence-electron chi connectivity index (χ0n) is 18.6. The first-order valence-electron chi connectivity index (χ1n) is 10.6.